The van der Waals surface area contributed by atoms with Crippen LogP contribution in [0.15, 0.2) is 18.3 Å². The molecule has 6 nitrogen and oxygen atoms in total. The van der Waals surface area contributed by atoms with E-state index in [0.717, 1.165) is 12.4 Å². The number of carbonyl (C=O) groups excluding carboxylic acids is 2. The Bertz CT molecular complexity index is 515. The zero-order valence-corrected chi connectivity index (χ0v) is 12.5. The number of nitrogens with zero attached hydrogens (tertiary/aromatic N) is 2. The van der Waals surface area contributed by atoms with Gasteiger partial charge in [-0.2, -0.15) is 0 Å². The van der Waals surface area contributed by atoms with E-state index < -0.39 is 0 Å². The van der Waals surface area contributed by atoms with Crippen LogP contribution in [0.2, 0.25) is 0 Å². The van der Waals surface area contributed by atoms with Gasteiger partial charge in [-0.1, -0.05) is 6.92 Å². The van der Waals surface area contributed by atoms with Crippen molar-refractivity contribution in [2.75, 3.05) is 31.7 Å². The fourth-order valence-electron chi connectivity index (χ4n) is 2.52. The Morgan fingerprint density at radius 3 is 2.71 bits per heavy atom. The zero-order valence-electron chi connectivity index (χ0n) is 12.5. The van der Waals surface area contributed by atoms with Gasteiger partial charge in [-0.05, 0) is 25.0 Å². The first-order valence-corrected chi connectivity index (χ1v) is 7.02. The number of esters is 2. The first-order chi connectivity index (χ1) is 10.1. The third-order valence-corrected chi connectivity index (χ3v) is 3.70. The minimum atomic E-state index is -0.376. The predicted octanol–water partition coefficient (Wildman–Crippen LogP) is 1.50. The molecule has 0 bridgehead atoms. The highest BCUT2D eigenvalue weighted by Crippen LogP contribution is 2.27. The fourth-order valence-corrected chi connectivity index (χ4v) is 2.52. The Morgan fingerprint density at radius 2 is 2.14 bits per heavy atom. The van der Waals surface area contributed by atoms with Crippen LogP contribution in [0.5, 0.6) is 0 Å². The van der Waals surface area contributed by atoms with Gasteiger partial charge in [0.05, 0.1) is 25.2 Å². The summed E-state index contributed by atoms with van der Waals surface area (Å²) in [6, 6.07) is 3.47. The molecule has 114 valence electrons. The molecular formula is C15H20N2O4. The summed E-state index contributed by atoms with van der Waals surface area (Å²) >= 11 is 0. The number of ether oxygens (including phenoxy) is 2. The minimum absolute atomic E-state index is 0.137. The van der Waals surface area contributed by atoms with E-state index in [4.69, 9.17) is 9.47 Å². The molecule has 1 saturated heterocycles. The number of rotatable bonds is 4. The van der Waals surface area contributed by atoms with Gasteiger partial charge in [0.15, 0.2) is 0 Å². The van der Waals surface area contributed by atoms with Crippen LogP contribution in [0, 0.1) is 11.8 Å². The lowest BCUT2D eigenvalue weighted by atomic mass is 9.99. The van der Waals surface area contributed by atoms with Crippen molar-refractivity contribution in [1.29, 1.82) is 0 Å². The summed E-state index contributed by atoms with van der Waals surface area (Å²) in [5.74, 6) is 0.263. The SMILES string of the molecule is CCOC(=O)c1ccc(N2C[C@@H](C)[C@H](C(=O)OC)C2)nc1. The van der Waals surface area contributed by atoms with Gasteiger partial charge in [-0.15, -0.1) is 0 Å². The Labute approximate surface area is 124 Å². The van der Waals surface area contributed by atoms with Crippen LogP contribution in [0.1, 0.15) is 24.2 Å². The molecule has 1 aromatic heterocycles. The lowest BCUT2D eigenvalue weighted by Gasteiger charge is -2.17. The second-order valence-corrected chi connectivity index (χ2v) is 5.14. The van der Waals surface area contributed by atoms with Crippen molar-refractivity contribution in [3.8, 4) is 0 Å². The molecule has 0 amide bonds. The standard InChI is InChI=1S/C15H20N2O4/c1-4-21-14(18)11-5-6-13(16-7-11)17-8-10(2)12(9-17)15(19)20-3/h5-7,10,12H,4,8-9H2,1-3H3/t10-,12-/m1/s1. The van der Waals surface area contributed by atoms with E-state index in [2.05, 4.69) is 4.98 Å². The molecule has 0 aromatic carbocycles. The molecule has 1 aromatic rings. The van der Waals surface area contributed by atoms with Crippen molar-refractivity contribution in [2.24, 2.45) is 11.8 Å². The smallest absolute Gasteiger partial charge is 0.339 e. The average molecular weight is 292 g/mol. The zero-order chi connectivity index (χ0) is 15.4. The normalized spacial score (nSPS) is 21.2. The molecule has 0 radical (unpaired) electrons. The molecule has 6 heteroatoms. The minimum Gasteiger partial charge on any atom is -0.469 e. The topological polar surface area (TPSA) is 68.7 Å². The quantitative estimate of drug-likeness (QED) is 0.783. The number of aromatic nitrogens is 1. The number of methoxy groups -OCH3 is 1. The van der Waals surface area contributed by atoms with Crippen molar-refractivity contribution in [1.82, 2.24) is 4.98 Å². The number of carbonyl (C=O) groups is 2. The number of pyridine rings is 1. The van der Waals surface area contributed by atoms with Crippen LogP contribution in [0.4, 0.5) is 5.82 Å². The molecular weight excluding hydrogens is 272 g/mol. The Balaban J connectivity index is 2.06. The Kier molecular flexibility index (Phi) is 4.77. The summed E-state index contributed by atoms with van der Waals surface area (Å²) in [6.07, 6.45) is 1.50. The van der Waals surface area contributed by atoms with E-state index in [1.807, 2.05) is 11.8 Å². The molecule has 0 aliphatic carbocycles. The average Bonchev–Trinajstić information content (AvgIpc) is 2.89. The molecule has 2 heterocycles. The van der Waals surface area contributed by atoms with E-state index in [1.165, 1.54) is 13.3 Å². The van der Waals surface area contributed by atoms with E-state index >= 15 is 0 Å². The molecule has 0 saturated carbocycles. The summed E-state index contributed by atoms with van der Waals surface area (Å²) in [5.41, 5.74) is 0.428. The molecule has 2 atom stereocenters. The predicted molar refractivity (Wildman–Crippen MR) is 77.1 cm³/mol. The number of anilines is 1. The molecule has 1 aliphatic rings. The first-order valence-electron chi connectivity index (χ1n) is 7.02. The van der Waals surface area contributed by atoms with Crippen molar-refractivity contribution in [2.45, 2.75) is 13.8 Å². The van der Waals surface area contributed by atoms with Crippen LogP contribution < -0.4 is 4.90 Å². The van der Waals surface area contributed by atoms with E-state index in [1.54, 1.807) is 19.1 Å². The maximum Gasteiger partial charge on any atom is 0.339 e. The first kappa shape index (κ1) is 15.3. The van der Waals surface area contributed by atoms with Gasteiger partial charge >= 0.3 is 11.9 Å². The molecule has 1 aliphatic heterocycles. The van der Waals surface area contributed by atoms with Gasteiger partial charge in [-0.25, -0.2) is 9.78 Å². The summed E-state index contributed by atoms with van der Waals surface area (Å²) in [5, 5.41) is 0. The highest BCUT2D eigenvalue weighted by Gasteiger charge is 2.36. The highest BCUT2D eigenvalue weighted by atomic mass is 16.5. The molecule has 1 fully saturated rings. The Morgan fingerprint density at radius 1 is 1.38 bits per heavy atom. The maximum absolute atomic E-state index is 11.7. The number of hydrogen-bond acceptors (Lipinski definition) is 6. The Hall–Kier alpha value is -2.11. The highest BCUT2D eigenvalue weighted by molar-refractivity contribution is 5.89. The van der Waals surface area contributed by atoms with Gasteiger partial charge in [-0.3, -0.25) is 4.79 Å². The van der Waals surface area contributed by atoms with Gasteiger partial charge in [0.2, 0.25) is 0 Å². The van der Waals surface area contributed by atoms with Gasteiger partial charge in [0.1, 0.15) is 5.82 Å². The summed E-state index contributed by atoms with van der Waals surface area (Å²) < 4.78 is 9.74. The third kappa shape index (κ3) is 3.32. The van der Waals surface area contributed by atoms with Crippen molar-refractivity contribution in [3.05, 3.63) is 23.9 Å². The summed E-state index contributed by atoms with van der Waals surface area (Å²) in [6.45, 7) is 5.45. The molecule has 2 rings (SSSR count). The van der Waals surface area contributed by atoms with Crippen LogP contribution in [0.25, 0.3) is 0 Å². The monoisotopic (exact) mass is 292 g/mol. The van der Waals surface area contributed by atoms with Crippen LogP contribution in [0.3, 0.4) is 0 Å². The second-order valence-electron chi connectivity index (χ2n) is 5.14. The number of hydrogen-bond donors (Lipinski definition) is 0. The van der Waals surface area contributed by atoms with Crippen molar-refractivity contribution >= 4 is 17.8 Å². The van der Waals surface area contributed by atoms with Crippen LogP contribution in [-0.2, 0) is 14.3 Å². The van der Waals surface area contributed by atoms with Crippen LogP contribution >= 0.6 is 0 Å². The van der Waals surface area contributed by atoms with Crippen molar-refractivity contribution < 1.29 is 19.1 Å². The maximum atomic E-state index is 11.7. The largest absolute Gasteiger partial charge is 0.469 e. The fraction of sp³-hybridized carbons (Fsp3) is 0.533. The lowest BCUT2D eigenvalue weighted by molar-refractivity contribution is -0.145. The van der Waals surface area contributed by atoms with Gasteiger partial charge in [0.25, 0.3) is 0 Å². The molecule has 0 spiro atoms. The van der Waals surface area contributed by atoms with Gasteiger partial charge < -0.3 is 14.4 Å². The van der Waals surface area contributed by atoms with E-state index in [0.29, 0.717) is 18.7 Å². The molecule has 0 unspecified atom stereocenters. The summed E-state index contributed by atoms with van der Waals surface area (Å²) in [7, 11) is 1.41. The molecule has 0 N–H and O–H groups in total. The van der Waals surface area contributed by atoms with Gasteiger partial charge in [0, 0.05) is 19.3 Å². The third-order valence-electron chi connectivity index (χ3n) is 3.70. The van der Waals surface area contributed by atoms with E-state index in [9.17, 15) is 9.59 Å². The van der Waals surface area contributed by atoms with Crippen LogP contribution in [-0.4, -0.2) is 43.7 Å². The van der Waals surface area contributed by atoms with Crippen molar-refractivity contribution in [3.63, 3.8) is 0 Å². The van der Waals surface area contributed by atoms with E-state index in [-0.39, 0.29) is 23.8 Å². The summed E-state index contributed by atoms with van der Waals surface area (Å²) in [4.78, 5) is 29.6. The lowest BCUT2D eigenvalue weighted by Crippen LogP contribution is -2.24. The molecule has 21 heavy (non-hydrogen) atoms. The second kappa shape index (κ2) is 6.56.